The number of allylic oxidation sites excluding steroid dienone is 4. The molecule has 1 aliphatic rings. The van der Waals surface area contributed by atoms with Crippen molar-refractivity contribution in [3.8, 4) is 0 Å². The number of rotatable bonds is 3. The summed E-state index contributed by atoms with van der Waals surface area (Å²) in [6.07, 6.45) is 5.84. The summed E-state index contributed by atoms with van der Waals surface area (Å²) in [5.41, 5.74) is 0.529. The topological polar surface area (TPSA) is 37.4 Å². The lowest BCUT2D eigenvalue weighted by molar-refractivity contribution is -0.132. The summed E-state index contributed by atoms with van der Waals surface area (Å²) in [5.74, 6) is -0.363. The molecule has 0 saturated carbocycles. The highest BCUT2D eigenvalue weighted by molar-refractivity contribution is 7.80. The van der Waals surface area contributed by atoms with Crippen molar-refractivity contribution in [3.05, 3.63) is 23.8 Å². The van der Waals surface area contributed by atoms with Crippen LogP contribution in [-0.2, 0) is 9.59 Å². The fourth-order valence-corrected chi connectivity index (χ4v) is 1.38. The van der Waals surface area contributed by atoms with Crippen LogP contribution < -0.4 is 0 Å². The molecule has 0 unspecified atom stereocenters. The second-order valence-electron chi connectivity index (χ2n) is 3.56. The number of thiocarbonyl (C=S) groups is 1. The lowest BCUT2D eigenvalue weighted by atomic mass is 10.0. The van der Waals surface area contributed by atoms with Crippen molar-refractivity contribution in [1.82, 2.24) is 4.90 Å². The number of carbonyl (C=O) groups excluding carboxylic acids is 2. The van der Waals surface area contributed by atoms with Gasteiger partial charge in [0.2, 0.25) is 5.91 Å². The molecule has 0 aromatic rings. The zero-order chi connectivity index (χ0) is 11.4. The van der Waals surface area contributed by atoms with Crippen molar-refractivity contribution < 1.29 is 9.59 Å². The molecule has 0 heterocycles. The standard InChI is InChI=1S/C11H13NO2S/c1-12(2)11(14)7-10(13)8-4-3-5-9(15)6-8/h3-4,6H,5,7H2,1-2H3. The quantitative estimate of drug-likeness (QED) is 0.534. The van der Waals surface area contributed by atoms with E-state index < -0.39 is 0 Å². The van der Waals surface area contributed by atoms with Crippen LogP contribution in [0.15, 0.2) is 23.8 Å². The van der Waals surface area contributed by atoms with Crippen molar-refractivity contribution in [2.75, 3.05) is 14.1 Å². The fraction of sp³-hybridized carbons (Fsp3) is 0.364. The molecule has 0 spiro atoms. The SMILES string of the molecule is CN(C)C(=O)CC(=O)C1=CC(=S)CC=C1. The number of hydrogen-bond acceptors (Lipinski definition) is 3. The molecule has 0 radical (unpaired) electrons. The van der Waals surface area contributed by atoms with Gasteiger partial charge in [-0.05, 0) is 6.08 Å². The summed E-state index contributed by atoms with van der Waals surface area (Å²) in [7, 11) is 3.26. The van der Waals surface area contributed by atoms with E-state index in [-0.39, 0.29) is 18.1 Å². The van der Waals surface area contributed by atoms with E-state index in [1.54, 1.807) is 26.2 Å². The summed E-state index contributed by atoms with van der Waals surface area (Å²) in [4.78, 5) is 25.1. The van der Waals surface area contributed by atoms with E-state index in [0.29, 0.717) is 12.0 Å². The number of ketones is 1. The number of carbonyl (C=O) groups is 2. The lowest BCUT2D eigenvalue weighted by Gasteiger charge is -2.10. The normalized spacial score (nSPS) is 14.8. The molecule has 80 valence electrons. The van der Waals surface area contributed by atoms with E-state index in [4.69, 9.17) is 12.2 Å². The van der Waals surface area contributed by atoms with Gasteiger partial charge in [-0.2, -0.15) is 0 Å². The van der Waals surface area contributed by atoms with E-state index in [2.05, 4.69) is 0 Å². The van der Waals surface area contributed by atoms with Crippen molar-refractivity contribution in [2.24, 2.45) is 0 Å². The Hall–Kier alpha value is -1.29. The minimum absolute atomic E-state index is 0.0915. The molecule has 0 bridgehead atoms. The molecule has 0 fully saturated rings. The van der Waals surface area contributed by atoms with Gasteiger partial charge in [0, 0.05) is 31.0 Å². The number of amides is 1. The number of Topliss-reactive ketones (excluding diaryl/α,β-unsaturated/α-hetero) is 1. The maximum atomic E-state index is 11.6. The van der Waals surface area contributed by atoms with Gasteiger partial charge < -0.3 is 4.90 Å². The minimum atomic E-state index is -0.189. The minimum Gasteiger partial charge on any atom is -0.348 e. The monoisotopic (exact) mass is 223 g/mol. The summed E-state index contributed by atoms with van der Waals surface area (Å²) in [6.45, 7) is 0. The lowest BCUT2D eigenvalue weighted by Crippen LogP contribution is -2.25. The molecule has 1 rings (SSSR count). The smallest absolute Gasteiger partial charge is 0.229 e. The van der Waals surface area contributed by atoms with Crippen LogP contribution in [0.3, 0.4) is 0 Å². The highest BCUT2D eigenvalue weighted by atomic mass is 32.1. The second kappa shape index (κ2) is 4.98. The van der Waals surface area contributed by atoms with Crippen LogP contribution in [-0.4, -0.2) is 35.6 Å². The first-order chi connectivity index (χ1) is 7.00. The van der Waals surface area contributed by atoms with Gasteiger partial charge in [-0.25, -0.2) is 0 Å². The van der Waals surface area contributed by atoms with Crippen molar-refractivity contribution >= 4 is 28.8 Å². The predicted octanol–water partition coefficient (Wildman–Crippen LogP) is 1.29. The van der Waals surface area contributed by atoms with E-state index >= 15 is 0 Å². The highest BCUT2D eigenvalue weighted by Gasteiger charge is 2.15. The van der Waals surface area contributed by atoms with E-state index in [0.717, 1.165) is 4.86 Å². The Labute approximate surface area is 94.4 Å². The van der Waals surface area contributed by atoms with Crippen molar-refractivity contribution in [2.45, 2.75) is 12.8 Å². The molecule has 0 aromatic heterocycles. The summed E-state index contributed by atoms with van der Waals surface area (Å²) >= 11 is 4.99. The van der Waals surface area contributed by atoms with Crippen LogP contribution in [0.1, 0.15) is 12.8 Å². The molecule has 0 atom stereocenters. The molecule has 0 aliphatic heterocycles. The van der Waals surface area contributed by atoms with E-state index in [1.165, 1.54) is 4.90 Å². The summed E-state index contributed by atoms with van der Waals surface area (Å²) in [6, 6.07) is 0. The molecule has 1 aliphatic carbocycles. The first-order valence-electron chi connectivity index (χ1n) is 4.65. The fourth-order valence-electron chi connectivity index (χ4n) is 1.15. The molecule has 1 amide bonds. The van der Waals surface area contributed by atoms with Crippen molar-refractivity contribution in [1.29, 1.82) is 0 Å². The summed E-state index contributed by atoms with van der Waals surface area (Å²) in [5, 5.41) is 0. The van der Waals surface area contributed by atoms with Gasteiger partial charge in [0.15, 0.2) is 5.78 Å². The molecule has 15 heavy (non-hydrogen) atoms. The predicted molar refractivity (Wildman–Crippen MR) is 62.8 cm³/mol. The third kappa shape index (κ3) is 3.40. The zero-order valence-corrected chi connectivity index (χ0v) is 9.63. The van der Waals surface area contributed by atoms with Gasteiger partial charge in [-0.1, -0.05) is 24.4 Å². The summed E-state index contributed by atoms with van der Waals surface area (Å²) < 4.78 is 0. The van der Waals surface area contributed by atoms with Gasteiger partial charge >= 0.3 is 0 Å². The Bertz CT molecular complexity index is 367. The average Bonchev–Trinajstić information content (AvgIpc) is 2.17. The van der Waals surface area contributed by atoms with Crippen LogP contribution in [0.2, 0.25) is 0 Å². The van der Waals surface area contributed by atoms with Gasteiger partial charge in [0.25, 0.3) is 0 Å². The zero-order valence-electron chi connectivity index (χ0n) is 8.82. The average molecular weight is 223 g/mol. The van der Waals surface area contributed by atoms with Crippen LogP contribution in [0, 0.1) is 0 Å². The molecule has 0 saturated heterocycles. The molecule has 0 aromatic carbocycles. The maximum Gasteiger partial charge on any atom is 0.229 e. The van der Waals surface area contributed by atoms with Crippen LogP contribution in [0.4, 0.5) is 0 Å². The molecule has 3 nitrogen and oxygen atoms in total. The molecule has 0 N–H and O–H groups in total. The van der Waals surface area contributed by atoms with Gasteiger partial charge in [0.1, 0.15) is 0 Å². The van der Waals surface area contributed by atoms with Gasteiger partial charge in [0.05, 0.1) is 6.42 Å². The second-order valence-corrected chi connectivity index (χ2v) is 4.08. The number of nitrogens with zero attached hydrogens (tertiary/aromatic N) is 1. The molecule has 4 heteroatoms. The van der Waals surface area contributed by atoms with Crippen LogP contribution >= 0.6 is 12.2 Å². The van der Waals surface area contributed by atoms with E-state index in [9.17, 15) is 9.59 Å². The van der Waals surface area contributed by atoms with Gasteiger partial charge in [-0.15, -0.1) is 0 Å². The van der Waals surface area contributed by atoms with Crippen molar-refractivity contribution in [3.63, 3.8) is 0 Å². The largest absolute Gasteiger partial charge is 0.348 e. The third-order valence-electron chi connectivity index (χ3n) is 2.07. The third-order valence-corrected chi connectivity index (χ3v) is 2.35. The van der Waals surface area contributed by atoms with Crippen LogP contribution in [0.25, 0.3) is 0 Å². The Balaban J connectivity index is 2.66. The Kier molecular flexibility index (Phi) is 3.91. The highest BCUT2D eigenvalue weighted by Crippen LogP contribution is 2.11. The van der Waals surface area contributed by atoms with Crippen LogP contribution in [0.5, 0.6) is 0 Å². The molecular weight excluding hydrogens is 210 g/mol. The Morgan fingerprint density at radius 1 is 1.47 bits per heavy atom. The number of hydrogen-bond donors (Lipinski definition) is 0. The maximum absolute atomic E-state index is 11.6. The van der Waals surface area contributed by atoms with E-state index in [1.807, 2.05) is 6.08 Å². The first kappa shape index (κ1) is 11.8. The Morgan fingerprint density at radius 3 is 2.67 bits per heavy atom. The first-order valence-corrected chi connectivity index (χ1v) is 5.06. The Morgan fingerprint density at radius 2 is 2.13 bits per heavy atom. The molecular formula is C11H13NO2S. The van der Waals surface area contributed by atoms with Gasteiger partial charge in [-0.3, -0.25) is 9.59 Å².